The fourth-order valence-corrected chi connectivity index (χ4v) is 2.35. The van der Waals surface area contributed by atoms with E-state index in [9.17, 15) is 0 Å². The highest BCUT2D eigenvalue weighted by Crippen LogP contribution is 2.33. The summed E-state index contributed by atoms with van der Waals surface area (Å²) in [5, 5.41) is 4.04. The fourth-order valence-electron chi connectivity index (χ4n) is 2.35. The van der Waals surface area contributed by atoms with Crippen molar-refractivity contribution in [2.24, 2.45) is 0 Å². The van der Waals surface area contributed by atoms with Crippen molar-refractivity contribution in [1.29, 1.82) is 0 Å². The van der Waals surface area contributed by atoms with Gasteiger partial charge in [0.1, 0.15) is 0 Å². The van der Waals surface area contributed by atoms with Gasteiger partial charge in [-0.2, -0.15) is 19.9 Å². The summed E-state index contributed by atoms with van der Waals surface area (Å²) in [5.41, 5.74) is 5.68. The molecule has 1 fully saturated rings. The average Bonchev–Trinajstić information content (AvgIpc) is 3.09. The number of hydrogen-bond acceptors (Lipinski definition) is 8. The summed E-state index contributed by atoms with van der Waals surface area (Å²) < 4.78 is 5.26. The molecule has 106 valence electrons. The van der Waals surface area contributed by atoms with Crippen LogP contribution in [0.15, 0.2) is 4.52 Å². The molecule has 2 aromatic heterocycles. The summed E-state index contributed by atoms with van der Waals surface area (Å²) in [7, 11) is 3.66. The Kier molecular flexibility index (Phi) is 3.21. The Bertz CT molecular complexity index is 604. The van der Waals surface area contributed by atoms with Crippen LogP contribution >= 0.6 is 0 Å². The molecule has 0 bridgehead atoms. The number of nitrogens with two attached hydrogens (primary N) is 1. The Labute approximate surface area is 116 Å². The Morgan fingerprint density at radius 1 is 1.10 bits per heavy atom. The second-order valence-electron chi connectivity index (χ2n) is 5.15. The highest BCUT2D eigenvalue weighted by molar-refractivity contribution is 5.47. The molecule has 2 N–H and O–H groups in total. The zero-order valence-electron chi connectivity index (χ0n) is 11.6. The van der Waals surface area contributed by atoms with Crippen LogP contribution in [0.25, 0.3) is 11.7 Å². The molecule has 2 heterocycles. The molecule has 0 unspecified atom stereocenters. The van der Waals surface area contributed by atoms with Crippen LogP contribution in [-0.2, 0) is 0 Å². The normalized spacial score (nSPS) is 15.7. The van der Waals surface area contributed by atoms with Crippen molar-refractivity contribution in [2.75, 3.05) is 24.7 Å². The van der Waals surface area contributed by atoms with Crippen molar-refractivity contribution < 1.29 is 4.52 Å². The number of nitrogen functional groups attached to an aromatic ring is 1. The minimum absolute atomic E-state index is 0.138. The predicted molar refractivity (Wildman–Crippen MR) is 73.1 cm³/mol. The third-order valence-electron chi connectivity index (χ3n) is 3.39. The van der Waals surface area contributed by atoms with Gasteiger partial charge in [-0.1, -0.05) is 18.0 Å². The lowest BCUT2D eigenvalue weighted by Crippen LogP contribution is -2.15. The van der Waals surface area contributed by atoms with E-state index in [4.69, 9.17) is 10.3 Å². The SMILES string of the molecule is CN(C)c1nc(N)nc(-c2nc(C3CCCC3)no2)n1. The molecule has 8 nitrogen and oxygen atoms in total. The Morgan fingerprint density at radius 3 is 2.55 bits per heavy atom. The first kappa shape index (κ1) is 12.8. The number of aromatic nitrogens is 5. The van der Waals surface area contributed by atoms with Gasteiger partial charge >= 0.3 is 0 Å². The summed E-state index contributed by atoms with van der Waals surface area (Å²) in [5.74, 6) is 2.34. The number of hydrogen-bond donors (Lipinski definition) is 1. The van der Waals surface area contributed by atoms with Gasteiger partial charge in [0.25, 0.3) is 5.89 Å². The van der Waals surface area contributed by atoms with E-state index in [2.05, 4.69) is 25.1 Å². The van der Waals surface area contributed by atoms with E-state index in [0.29, 0.717) is 23.6 Å². The molecule has 2 aromatic rings. The second-order valence-corrected chi connectivity index (χ2v) is 5.15. The Balaban J connectivity index is 1.92. The molecule has 0 saturated heterocycles. The summed E-state index contributed by atoms with van der Waals surface area (Å²) in [6.45, 7) is 0. The highest BCUT2D eigenvalue weighted by atomic mass is 16.5. The van der Waals surface area contributed by atoms with Crippen LogP contribution in [0.2, 0.25) is 0 Å². The lowest BCUT2D eigenvalue weighted by molar-refractivity contribution is 0.413. The van der Waals surface area contributed by atoms with Gasteiger partial charge in [-0.05, 0) is 12.8 Å². The Hall–Kier alpha value is -2.25. The van der Waals surface area contributed by atoms with Crippen LogP contribution < -0.4 is 10.6 Å². The summed E-state index contributed by atoms with van der Waals surface area (Å²) in [4.78, 5) is 18.5. The molecule has 0 spiro atoms. The van der Waals surface area contributed by atoms with E-state index in [-0.39, 0.29) is 5.95 Å². The number of nitrogens with zero attached hydrogens (tertiary/aromatic N) is 6. The lowest BCUT2D eigenvalue weighted by atomic mass is 10.1. The van der Waals surface area contributed by atoms with Crippen molar-refractivity contribution in [3.05, 3.63) is 5.82 Å². The van der Waals surface area contributed by atoms with Crippen LogP contribution in [0.1, 0.15) is 37.4 Å². The third-order valence-corrected chi connectivity index (χ3v) is 3.39. The molecular weight excluding hydrogens is 258 g/mol. The highest BCUT2D eigenvalue weighted by Gasteiger charge is 2.23. The molecule has 1 aliphatic carbocycles. The summed E-state index contributed by atoms with van der Waals surface area (Å²) in [6.07, 6.45) is 4.67. The van der Waals surface area contributed by atoms with Crippen molar-refractivity contribution in [3.63, 3.8) is 0 Å². The van der Waals surface area contributed by atoms with E-state index >= 15 is 0 Å². The zero-order chi connectivity index (χ0) is 14.1. The van der Waals surface area contributed by atoms with Crippen LogP contribution in [-0.4, -0.2) is 39.2 Å². The van der Waals surface area contributed by atoms with Crippen LogP contribution in [0.4, 0.5) is 11.9 Å². The van der Waals surface area contributed by atoms with Gasteiger partial charge < -0.3 is 15.2 Å². The topological polar surface area (TPSA) is 107 Å². The monoisotopic (exact) mass is 275 g/mol. The second kappa shape index (κ2) is 5.03. The van der Waals surface area contributed by atoms with E-state index in [1.165, 1.54) is 12.8 Å². The van der Waals surface area contributed by atoms with Gasteiger partial charge in [-0.3, -0.25) is 0 Å². The molecule has 1 aliphatic rings. The molecule has 1 saturated carbocycles. The summed E-state index contributed by atoms with van der Waals surface area (Å²) in [6, 6.07) is 0. The van der Waals surface area contributed by atoms with Crippen molar-refractivity contribution in [3.8, 4) is 11.7 Å². The number of anilines is 2. The molecule has 20 heavy (non-hydrogen) atoms. The summed E-state index contributed by atoms with van der Waals surface area (Å²) >= 11 is 0. The quantitative estimate of drug-likeness (QED) is 0.891. The zero-order valence-corrected chi connectivity index (χ0v) is 11.6. The van der Waals surface area contributed by atoms with E-state index in [1.807, 2.05) is 14.1 Å². The first-order chi connectivity index (χ1) is 9.63. The molecule has 0 aromatic carbocycles. The van der Waals surface area contributed by atoms with Crippen LogP contribution in [0.3, 0.4) is 0 Å². The molecule has 3 rings (SSSR count). The predicted octanol–water partition coefficient (Wildman–Crippen LogP) is 1.23. The largest absolute Gasteiger partial charge is 0.368 e. The van der Waals surface area contributed by atoms with Gasteiger partial charge in [0.2, 0.25) is 17.7 Å². The van der Waals surface area contributed by atoms with Crippen LogP contribution in [0.5, 0.6) is 0 Å². The third kappa shape index (κ3) is 2.40. The maximum absolute atomic E-state index is 5.68. The van der Waals surface area contributed by atoms with Gasteiger partial charge in [0.05, 0.1) is 0 Å². The smallest absolute Gasteiger partial charge is 0.295 e. The van der Waals surface area contributed by atoms with Gasteiger partial charge in [-0.25, -0.2) is 0 Å². The lowest BCUT2D eigenvalue weighted by Gasteiger charge is -2.09. The van der Waals surface area contributed by atoms with E-state index in [0.717, 1.165) is 18.7 Å². The van der Waals surface area contributed by atoms with Crippen molar-refractivity contribution in [2.45, 2.75) is 31.6 Å². The maximum atomic E-state index is 5.68. The molecular formula is C12H17N7O. The average molecular weight is 275 g/mol. The fraction of sp³-hybridized carbons (Fsp3) is 0.583. The molecule has 0 radical (unpaired) electrons. The van der Waals surface area contributed by atoms with Gasteiger partial charge in [-0.15, -0.1) is 0 Å². The van der Waals surface area contributed by atoms with Crippen molar-refractivity contribution in [1.82, 2.24) is 25.1 Å². The van der Waals surface area contributed by atoms with Crippen molar-refractivity contribution >= 4 is 11.9 Å². The molecule has 0 amide bonds. The minimum atomic E-state index is 0.138. The maximum Gasteiger partial charge on any atom is 0.295 e. The van der Waals surface area contributed by atoms with Gasteiger partial charge in [0, 0.05) is 20.0 Å². The molecule has 0 aliphatic heterocycles. The first-order valence-corrected chi connectivity index (χ1v) is 6.66. The first-order valence-electron chi connectivity index (χ1n) is 6.66. The minimum Gasteiger partial charge on any atom is -0.368 e. The number of rotatable bonds is 3. The molecule has 8 heteroatoms. The van der Waals surface area contributed by atoms with E-state index < -0.39 is 0 Å². The molecule has 0 atom stereocenters. The van der Waals surface area contributed by atoms with Gasteiger partial charge in [0.15, 0.2) is 5.82 Å². The van der Waals surface area contributed by atoms with E-state index in [1.54, 1.807) is 4.90 Å². The Morgan fingerprint density at radius 2 is 1.85 bits per heavy atom. The van der Waals surface area contributed by atoms with Crippen LogP contribution in [0, 0.1) is 0 Å². The standard InChI is InChI=1S/C12H17N7O/c1-19(2)12-16-9(15-11(13)17-12)10-14-8(18-20-10)7-5-3-4-6-7/h7H,3-6H2,1-2H3,(H2,13,15,16,17).